The first-order chi connectivity index (χ1) is 13.1. The molecule has 1 unspecified atom stereocenters. The molecule has 0 aliphatic carbocycles. The molecule has 1 aromatic heterocycles. The molecular weight excluding hydrogens is 367 g/mol. The van der Waals surface area contributed by atoms with E-state index in [9.17, 15) is 9.18 Å². The lowest BCUT2D eigenvalue weighted by Gasteiger charge is -2.29. The summed E-state index contributed by atoms with van der Waals surface area (Å²) in [5.74, 6) is -0.435. The van der Waals surface area contributed by atoms with Crippen LogP contribution in [-0.2, 0) is 6.42 Å². The van der Waals surface area contributed by atoms with Crippen LogP contribution in [0.15, 0.2) is 65.3 Å². The Balaban J connectivity index is 1.58. The van der Waals surface area contributed by atoms with Crippen LogP contribution >= 0.6 is 11.6 Å². The van der Waals surface area contributed by atoms with Gasteiger partial charge in [-0.3, -0.25) is 4.79 Å². The number of benzene rings is 2. The number of para-hydroxylation sites is 1. The van der Waals surface area contributed by atoms with Gasteiger partial charge in [0.25, 0.3) is 5.91 Å². The van der Waals surface area contributed by atoms with Crippen molar-refractivity contribution < 1.29 is 13.6 Å². The molecule has 1 aliphatic heterocycles. The number of nitrogens with one attached hydrogen (secondary N) is 1. The van der Waals surface area contributed by atoms with Gasteiger partial charge >= 0.3 is 0 Å². The maximum Gasteiger partial charge on any atom is 0.255 e. The van der Waals surface area contributed by atoms with E-state index in [1.165, 1.54) is 23.8 Å². The van der Waals surface area contributed by atoms with Crippen LogP contribution in [0.5, 0.6) is 0 Å². The molecule has 0 fully saturated rings. The number of anilines is 1. The van der Waals surface area contributed by atoms with E-state index < -0.39 is 11.7 Å². The Morgan fingerprint density at radius 3 is 2.81 bits per heavy atom. The summed E-state index contributed by atoms with van der Waals surface area (Å²) in [6.07, 6.45) is 2.54. The zero-order valence-electron chi connectivity index (χ0n) is 14.5. The number of carbonyl (C=O) groups is 1. The molecule has 1 atom stereocenters. The van der Waals surface area contributed by atoms with Crippen molar-refractivity contribution in [2.24, 2.45) is 0 Å². The third-order valence-corrected chi connectivity index (χ3v) is 5.13. The van der Waals surface area contributed by atoms with Gasteiger partial charge in [0.15, 0.2) is 0 Å². The SMILES string of the molecule is O=C(NCC(c1ccco1)N1CCc2ccccc21)c1c(F)cccc1Cl. The Morgan fingerprint density at radius 2 is 2.04 bits per heavy atom. The molecule has 3 aromatic rings. The zero-order valence-corrected chi connectivity index (χ0v) is 15.2. The molecule has 1 aliphatic rings. The lowest BCUT2D eigenvalue weighted by molar-refractivity contribution is 0.0946. The van der Waals surface area contributed by atoms with Crippen LogP contribution in [0.2, 0.25) is 5.02 Å². The number of carbonyl (C=O) groups excluding carboxylic acids is 1. The molecule has 0 radical (unpaired) electrons. The highest BCUT2D eigenvalue weighted by molar-refractivity contribution is 6.33. The molecule has 1 N–H and O–H groups in total. The molecule has 0 bridgehead atoms. The van der Waals surface area contributed by atoms with Crippen LogP contribution in [0.25, 0.3) is 0 Å². The van der Waals surface area contributed by atoms with Crippen molar-refractivity contribution in [1.82, 2.24) is 5.32 Å². The highest BCUT2D eigenvalue weighted by Gasteiger charge is 2.29. The van der Waals surface area contributed by atoms with Gasteiger partial charge < -0.3 is 14.6 Å². The molecule has 4 rings (SSSR count). The number of halogens is 2. The first kappa shape index (κ1) is 17.6. The van der Waals surface area contributed by atoms with Crippen LogP contribution < -0.4 is 10.2 Å². The summed E-state index contributed by atoms with van der Waals surface area (Å²) < 4.78 is 19.6. The smallest absolute Gasteiger partial charge is 0.255 e. The van der Waals surface area contributed by atoms with E-state index in [1.807, 2.05) is 24.3 Å². The van der Waals surface area contributed by atoms with Crippen molar-refractivity contribution in [3.05, 3.63) is 88.6 Å². The number of rotatable bonds is 5. The number of fused-ring (bicyclic) bond motifs is 1. The lowest BCUT2D eigenvalue weighted by atomic mass is 10.1. The average Bonchev–Trinajstić information content (AvgIpc) is 3.32. The second-order valence-electron chi connectivity index (χ2n) is 6.41. The fourth-order valence-electron chi connectivity index (χ4n) is 3.53. The van der Waals surface area contributed by atoms with E-state index in [-0.39, 0.29) is 23.2 Å². The van der Waals surface area contributed by atoms with E-state index in [4.69, 9.17) is 16.0 Å². The Morgan fingerprint density at radius 1 is 1.19 bits per heavy atom. The van der Waals surface area contributed by atoms with E-state index in [0.717, 1.165) is 24.4 Å². The van der Waals surface area contributed by atoms with Crippen molar-refractivity contribution in [3.63, 3.8) is 0 Å². The molecule has 6 heteroatoms. The maximum absolute atomic E-state index is 14.0. The van der Waals surface area contributed by atoms with Crippen molar-refractivity contribution in [2.45, 2.75) is 12.5 Å². The molecule has 0 saturated carbocycles. The zero-order chi connectivity index (χ0) is 18.8. The van der Waals surface area contributed by atoms with Crippen LogP contribution in [-0.4, -0.2) is 19.0 Å². The topological polar surface area (TPSA) is 45.5 Å². The third-order valence-electron chi connectivity index (χ3n) is 4.82. The van der Waals surface area contributed by atoms with E-state index in [2.05, 4.69) is 22.3 Å². The normalized spacial score (nSPS) is 14.1. The molecule has 4 nitrogen and oxygen atoms in total. The largest absolute Gasteiger partial charge is 0.467 e. The van der Waals surface area contributed by atoms with Gasteiger partial charge in [-0.15, -0.1) is 0 Å². The van der Waals surface area contributed by atoms with E-state index >= 15 is 0 Å². The van der Waals surface area contributed by atoms with Crippen molar-refractivity contribution >= 4 is 23.2 Å². The molecule has 1 amide bonds. The molecule has 2 aromatic carbocycles. The minimum atomic E-state index is -0.638. The average molecular weight is 385 g/mol. The second-order valence-corrected chi connectivity index (χ2v) is 6.82. The minimum absolute atomic E-state index is 0.0913. The van der Waals surface area contributed by atoms with Gasteiger partial charge in [-0.2, -0.15) is 0 Å². The fourth-order valence-corrected chi connectivity index (χ4v) is 3.77. The Hall–Kier alpha value is -2.79. The summed E-state index contributed by atoms with van der Waals surface area (Å²) in [6, 6.07) is 15.9. The van der Waals surface area contributed by atoms with Crippen molar-refractivity contribution in [3.8, 4) is 0 Å². The summed E-state index contributed by atoms with van der Waals surface area (Å²) in [4.78, 5) is 14.7. The molecule has 2 heterocycles. The highest BCUT2D eigenvalue weighted by Crippen LogP contribution is 2.35. The summed E-state index contributed by atoms with van der Waals surface area (Å²) in [6.45, 7) is 1.09. The lowest BCUT2D eigenvalue weighted by Crippen LogP contribution is -2.37. The predicted molar refractivity (Wildman–Crippen MR) is 103 cm³/mol. The highest BCUT2D eigenvalue weighted by atomic mass is 35.5. The monoisotopic (exact) mass is 384 g/mol. The number of hydrogen-bond acceptors (Lipinski definition) is 3. The number of furan rings is 1. The van der Waals surface area contributed by atoms with Gasteiger partial charge in [0.05, 0.1) is 16.8 Å². The Kier molecular flexibility index (Phi) is 4.86. The molecule has 0 spiro atoms. The second kappa shape index (κ2) is 7.45. The van der Waals surface area contributed by atoms with Gasteiger partial charge in [-0.25, -0.2) is 4.39 Å². The molecule has 0 saturated heterocycles. The number of amides is 1. The fraction of sp³-hybridized carbons (Fsp3) is 0.190. The quantitative estimate of drug-likeness (QED) is 0.699. The maximum atomic E-state index is 14.0. The van der Waals surface area contributed by atoms with Crippen molar-refractivity contribution in [2.75, 3.05) is 18.0 Å². The molecular formula is C21H18ClFN2O2. The summed E-state index contributed by atoms with van der Waals surface area (Å²) >= 11 is 6.00. The van der Waals surface area contributed by atoms with Gasteiger partial charge in [0.2, 0.25) is 0 Å². The molecule has 27 heavy (non-hydrogen) atoms. The Labute approximate surface area is 161 Å². The van der Waals surface area contributed by atoms with Crippen LogP contribution in [0.3, 0.4) is 0 Å². The summed E-state index contributed by atoms with van der Waals surface area (Å²) in [5, 5.41) is 2.90. The third kappa shape index (κ3) is 3.43. The van der Waals surface area contributed by atoms with Crippen LogP contribution in [0, 0.1) is 5.82 Å². The predicted octanol–water partition coefficient (Wildman–Crippen LogP) is 4.61. The van der Waals surface area contributed by atoms with Crippen LogP contribution in [0.4, 0.5) is 10.1 Å². The van der Waals surface area contributed by atoms with Gasteiger partial charge in [-0.1, -0.05) is 35.9 Å². The Bertz CT molecular complexity index is 938. The summed E-state index contributed by atoms with van der Waals surface area (Å²) in [5.41, 5.74) is 2.24. The van der Waals surface area contributed by atoms with E-state index in [1.54, 1.807) is 6.26 Å². The number of hydrogen-bond donors (Lipinski definition) is 1. The first-order valence-electron chi connectivity index (χ1n) is 8.75. The van der Waals surface area contributed by atoms with Crippen LogP contribution in [0.1, 0.15) is 27.7 Å². The van der Waals surface area contributed by atoms with Gasteiger partial charge in [0, 0.05) is 18.8 Å². The van der Waals surface area contributed by atoms with Gasteiger partial charge in [0.1, 0.15) is 17.6 Å². The first-order valence-corrected chi connectivity index (χ1v) is 9.13. The minimum Gasteiger partial charge on any atom is -0.467 e. The van der Waals surface area contributed by atoms with Crippen molar-refractivity contribution in [1.29, 1.82) is 0 Å². The van der Waals surface area contributed by atoms with E-state index in [0.29, 0.717) is 0 Å². The van der Waals surface area contributed by atoms with Gasteiger partial charge in [-0.05, 0) is 42.3 Å². The number of nitrogens with zero attached hydrogens (tertiary/aromatic N) is 1. The standard InChI is InChI=1S/C21H18ClFN2O2/c22-15-6-3-7-16(23)20(15)21(26)24-13-18(19-9-4-12-27-19)25-11-10-14-5-1-2-8-17(14)25/h1-9,12,18H,10-11,13H2,(H,24,26). The summed E-state index contributed by atoms with van der Waals surface area (Å²) in [7, 11) is 0. The molecule has 138 valence electrons.